The lowest BCUT2D eigenvalue weighted by Crippen LogP contribution is -2.38. The molecule has 1 aliphatic heterocycles. The molecular weight excluding hydrogens is 413 g/mol. The molecule has 1 saturated heterocycles. The van der Waals surface area contributed by atoms with Gasteiger partial charge in [0, 0.05) is 24.7 Å². The van der Waals surface area contributed by atoms with Crippen molar-refractivity contribution in [3.05, 3.63) is 24.5 Å². The van der Waals surface area contributed by atoms with Gasteiger partial charge in [-0.3, -0.25) is 19.2 Å². The average Bonchev–Trinajstić information content (AvgIpc) is 3.42. The average molecular weight is 433 g/mol. The lowest BCUT2D eigenvalue weighted by atomic mass is 10.1. The Labute approximate surface area is 171 Å². The van der Waals surface area contributed by atoms with Crippen LogP contribution in [0.1, 0.15) is 18.3 Å². The van der Waals surface area contributed by atoms with Crippen LogP contribution >= 0.6 is 8.46 Å². The van der Waals surface area contributed by atoms with E-state index in [1.807, 2.05) is 0 Å². The molecule has 13 nitrogen and oxygen atoms in total. The van der Waals surface area contributed by atoms with Crippen LogP contribution in [0.4, 0.5) is 11.8 Å². The second-order valence-corrected chi connectivity index (χ2v) is 7.48. The molecule has 0 radical (unpaired) electrons. The molecule has 14 heteroatoms. The van der Waals surface area contributed by atoms with Gasteiger partial charge in [0.15, 0.2) is 25.4 Å². The molecule has 0 saturated carbocycles. The molecule has 3 aromatic rings. The van der Waals surface area contributed by atoms with Gasteiger partial charge in [-0.1, -0.05) is 0 Å². The molecule has 0 bridgehead atoms. The second kappa shape index (κ2) is 8.40. The van der Waals surface area contributed by atoms with E-state index in [0.717, 1.165) is 0 Å². The minimum absolute atomic E-state index is 0.111. The molecule has 1 aliphatic rings. The number of aliphatic hydroxyl groups excluding tert-OH is 1. The number of anilines is 2. The molecule has 158 valence electrons. The van der Waals surface area contributed by atoms with Crippen molar-refractivity contribution < 1.29 is 19.2 Å². The quantitative estimate of drug-likeness (QED) is 0.305. The van der Waals surface area contributed by atoms with Crippen molar-refractivity contribution in [3.63, 3.8) is 0 Å². The number of aromatic amines is 1. The zero-order chi connectivity index (χ0) is 21.3. The first-order chi connectivity index (χ1) is 14.5. The third kappa shape index (κ3) is 3.87. The number of carbonyl (C=O) groups excluding carboxylic acids is 1. The van der Waals surface area contributed by atoms with Crippen LogP contribution in [-0.4, -0.2) is 64.9 Å². The van der Waals surface area contributed by atoms with E-state index in [9.17, 15) is 14.5 Å². The number of rotatable bonds is 7. The second-order valence-electron chi connectivity index (χ2n) is 6.86. The molecule has 3 aromatic heterocycles. The summed E-state index contributed by atoms with van der Waals surface area (Å²) in [5.41, 5.74) is 13.2. The number of amides is 1. The summed E-state index contributed by atoms with van der Waals surface area (Å²) in [6.45, 7) is 0. The Hall–Kier alpha value is -2.99. The van der Waals surface area contributed by atoms with Crippen LogP contribution in [0.3, 0.4) is 0 Å². The molecule has 1 fully saturated rings. The number of hydrogen-bond acceptors (Lipinski definition) is 10. The van der Waals surface area contributed by atoms with Crippen molar-refractivity contribution in [3.8, 4) is 0 Å². The van der Waals surface area contributed by atoms with Gasteiger partial charge in [-0.25, -0.2) is 19.9 Å². The lowest BCUT2D eigenvalue weighted by molar-refractivity contribution is -0.117. The van der Waals surface area contributed by atoms with Crippen molar-refractivity contribution >= 4 is 37.3 Å². The fourth-order valence-corrected chi connectivity index (χ4v) is 3.80. The molecule has 4 heterocycles. The number of nitrogens with two attached hydrogens (primary N) is 2. The number of nitrogen functional groups attached to an aromatic ring is 1. The molecule has 0 spiro atoms. The van der Waals surface area contributed by atoms with Crippen molar-refractivity contribution in [1.29, 1.82) is 0 Å². The van der Waals surface area contributed by atoms with Crippen LogP contribution in [0.25, 0.3) is 11.2 Å². The third-order valence-corrected chi connectivity index (χ3v) is 5.33. The van der Waals surface area contributed by atoms with Gasteiger partial charge in [-0.05, 0) is 0 Å². The highest BCUT2D eigenvalue weighted by atomic mass is 31.1. The number of ether oxygens (including phenoxy) is 1. The molecule has 0 aromatic carbocycles. The van der Waals surface area contributed by atoms with Gasteiger partial charge >= 0.3 is 0 Å². The minimum atomic E-state index is -0.871. The van der Waals surface area contributed by atoms with E-state index < -0.39 is 30.4 Å². The lowest BCUT2D eigenvalue weighted by Gasteiger charge is -2.17. The fraction of sp³-hybridized carbons (Fsp3) is 0.438. The van der Waals surface area contributed by atoms with Gasteiger partial charge in [0.1, 0.15) is 12.6 Å². The Kier molecular flexibility index (Phi) is 5.68. The Balaban J connectivity index is 1.64. The number of fused-ring (bicyclic) bond motifs is 1. The largest absolute Gasteiger partial charge is 0.390 e. The number of nitrogens with one attached hydrogen (secondary N) is 2. The van der Waals surface area contributed by atoms with E-state index in [-0.39, 0.29) is 44.7 Å². The fourth-order valence-electron chi connectivity index (χ4n) is 3.33. The van der Waals surface area contributed by atoms with E-state index in [1.54, 1.807) is 6.20 Å². The number of carbonyl (C=O) groups is 1. The van der Waals surface area contributed by atoms with Crippen LogP contribution < -0.4 is 16.8 Å². The molecule has 4 unspecified atom stereocenters. The van der Waals surface area contributed by atoms with Crippen LogP contribution in [0.2, 0.25) is 0 Å². The standard InChI is InChI=1S/C16H20N9O4P/c17-8(1-7-3-19-5-20-7)15(27)24-16-23-12-13(18)21-6-22-14(12)25(16)11-2-9(26)10(29-11)4-30-28/h3,5-6,8-11,26H,1-2,4,17H2,(H,19,20)(H2,18,21,22)(H,23,24,27). The number of H-pyrrole nitrogens is 1. The van der Waals surface area contributed by atoms with Crippen molar-refractivity contribution in [2.75, 3.05) is 17.2 Å². The number of nitrogens with zero attached hydrogens (tertiary/aromatic N) is 5. The molecular formula is C16H20N9O4P. The van der Waals surface area contributed by atoms with Crippen LogP contribution in [0, 0.1) is 0 Å². The Morgan fingerprint density at radius 1 is 1.50 bits per heavy atom. The summed E-state index contributed by atoms with van der Waals surface area (Å²) in [7, 11) is -0.140. The van der Waals surface area contributed by atoms with Gasteiger partial charge in [-0.15, -0.1) is 0 Å². The van der Waals surface area contributed by atoms with Gasteiger partial charge in [0.05, 0.1) is 30.7 Å². The number of hydrogen-bond donors (Lipinski definition) is 5. The van der Waals surface area contributed by atoms with Crippen LogP contribution in [0.5, 0.6) is 0 Å². The topological polar surface area (TPSA) is 200 Å². The summed E-state index contributed by atoms with van der Waals surface area (Å²) in [5.74, 6) is -0.246. The molecule has 7 N–H and O–H groups in total. The predicted octanol–water partition coefficient (Wildman–Crippen LogP) is -0.420. The van der Waals surface area contributed by atoms with Crippen molar-refractivity contribution in [2.45, 2.75) is 37.3 Å². The zero-order valence-electron chi connectivity index (χ0n) is 15.7. The monoisotopic (exact) mass is 433 g/mol. The summed E-state index contributed by atoms with van der Waals surface area (Å²) in [6.07, 6.45) is 2.77. The summed E-state index contributed by atoms with van der Waals surface area (Å²) in [6, 6.07) is -0.871. The summed E-state index contributed by atoms with van der Waals surface area (Å²) >= 11 is 0. The highest BCUT2D eigenvalue weighted by Crippen LogP contribution is 2.35. The normalized spacial score (nSPS) is 22.5. The predicted molar refractivity (Wildman–Crippen MR) is 106 cm³/mol. The maximum absolute atomic E-state index is 12.7. The first-order valence-electron chi connectivity index (χ1n) is 9.12. The first-order valence-corrected chi connectivity index (χ1v) is 10.1. The summed E-state index contributed by atoms with van der Waals surface area (Å²) in [4.78, 5) is 31.9. The maximum atomic E-state index is 12.7. The molecule has 0 aliphatic carbocycles. The highest BCUT2D eigenvalue weighted by molar-refractivity contribution is 7.23. The van der Waals surface area contributed by atoms with Crippen LogP contribution in [0.15, 0.2) is 18.9 Å². The Bertz CT molecular complexity index is 1060. The highest BCUT2D eigenvalue weighted by Gasteiger charge is 2.37. The minimum Gasteiger partial charge on any atom is -0.390 e. The van der Waals surface area contributed by atoms with Gasteiger partial charge in [0.2, 0.25) is 11.9 Å². The van der Waals surface area contributed by atoms with E-state index in [0.29, 0.717) is 11.3 Å². The molecule has 4 atom stereocenters. The summed E-state index contributed by atoms with van der Waals surface area (Å²) in [5, 5.41) is 12.9. The number of aliphatic hydroxyl groups is 1. The maximum Gasteiger partial charge on any atom is 0.244 e. The van der Waals surface area contributed by atoms with Gasteiger partial charge < -0.3 is 26.3 Å². The Morgan fingerprint density at radius 2 is 2.33 bits per heavy atom. The molecule has 1 amide bonds. The van der Waals surface area contributed by atoms with Gasteiger partial charge in [-0.2, -0.15) is 0 Å². The van der Waals surface area contributed by atoms with E-state index in [2.05, 4.69) is 30.2 Å². The zero-order valence-corrected chi connectivity index (χ0v) is 16.6. The van der Waals surface area contributed by atoms with Crippen molar-refractivity contribution in [1.82, 2.24) is 29.5 Å². The van der Waals surface area contributed by atoms with Crippen LogP contribution in [-0.2, 0) is 20.5 Å². The smallest absolute Gasteiger partial charge is 0.244 e. The summed E-state index contributed by atoms with van der Waals surface area (Å²) < 4.78 is 18.3. The molecule has 30 heavy (non-hydrogen) atoms. The van der Waals surface area contributed by atoms with E-state index in [1.165, 1.54) is 17.2 Å². The first kappa shape index (κ1) is 20.3. The van der Waals surface area contributed by atoms with E-state index >= 15 is 0 Å². The SMILES string of the molecule is Nc1ncnc2c1nc(NC(=O)C(N)Cc1cnc[nH]1)n2C1CC(O)C(CP=O)O1. The Morgan fingerprint density at radius 3 is 3.07 bits per heavy atom. The number of imidazole rings is 2. The van der Waals surface area contributed by atoms with Gasteiger partial charge in [0.25, 0.3) is 0 Å². The molecule has 4 rings (SSSR count). The third-order valence-electron chi connectivity index (χ3n) is 4.82. The number of aromatic nitrogens is 6. The van der Waals surface area contributed by atoms with E-state index in [4.69, 9.17) is 16.2 Å². The van der Waals surface area contributed by atoms with Crippen molar-refractivity contribution in [2.24, 2.45) is 5.73 Å².